The van der Waals surface area contributed by atoms with Crippen LogP contribution in [-0.4, -0.2) is 23.3 Å². The summed E-state index contributed by atoms with van der Waals surface area (Å²) in [7, 11) is 1.19. The molecule has 1 N–H and O–H groups in total. The van der Waals surface area contributed by atoms with E-state index in [1.807, 2.05) is 0 Å². The number of halogens is 3. The lowest BCUT2D eigenvalue weighted by atomic mass is 10.1. The van der Waals surface area contributed by atoms with E-state index in [1.54, 1.807) is 0 Å². The molecule has 0 radical (unpaired) electrons. The van der Waals surface area contributed by atoms with E-state index in [9.17, 15) is 13.6 Å². The van der Waals surface area contributed by atoms with Crippen molar-refractivity contribution in [2.45, 2.75) is 6.43 Å². The number of aromatic nitrogens is 2. The molecule has 0 saturated heterocycles. The zero-order valence-electron chi connectivity index (χ0n) is 8.63. The van der Waals surface area contributed by atoms with Crippen molar-refractivity contribution in [1.82, 2.24) is 10.2 Å². The molecule has 90 valence electrons. The number of rotatable bonds is 2. The Morgan fingerprint density at radius 1 is 1.53 bits per heavy atom. The third-order valence-electron chi connectivity index (χ3n) is 2.30. The molecule has 0 saturated carbocycles. The van der Waals surface area contributed by atoms with Crippen molar-refractivity contribution >= 4 is 28.5 Å². The van der Waals surface area contributed by atoms with E-state index in [2.05, 4.69) is 14.9 Å². The monoisotopic (exact) mass is 260 g/mol. The molecule has 17 heavy (non-hydrogen) atoms. The Bertz CT molecular complexity index is 583. The molecule has 0 spiro atoms. The van der Waals surface area contributed by atoms with E-state index in [0.717, 1.165) is 0 Å². The summed E-state index contributed by atoms with van der Waals surface area (Å²) >= 11 is 5.82. The summed E-state index contributed by atoms with van der Waals surface area (Å²) in [6, 6.07) is 2.58. The third-order valence-corrected chi connectivity index (χ3v) is 2.61. The molecule has 1 aromatic carbocycles. The molecule has 0 aliphatic rings. The highest BCUT2D eigenvalue weighted by molar-refractivity contribution is 6.34. The van der Waals surface area contributed by atoms with E-state index in [-0.39, 0.29) is 27.2 Å². The molecule has 2 aromatic rings. The van der Waals surface area contributed by atoms with Gasteiger partial charge in [-0.1, -0.05) is 11.6 Å². The van der Waals surface area contributed by atoms with Gasteiger partial charge in [-0.25, -0.2) is 13.6 Å². The number of alkyl halides is 2. The summed E-state index contributed by atoms with van der Waals surface area (Å²) in [6.45, 7) is 0. The number of nitrogens with zero attached hydrogens (tertiary/aromatic N) is 1. The maximum absolute atomic E-state index is 12.6. The van der Waals surface area contributed by atoms with Crippen LogP contribution in [0.25, 0.3) is 10.9 Å². The Morgan fingerprint density at radius 2 is 2.24 bits per heavy atom. The summed E-state index contributed by atoms with van der Waals surface area (Å²) < 4.78 is 29.8. The lowest BCUT2D eigenvalue weighted by Gasteiger charge is -2.02. The molecular weight excluding hydrogens is 254 g/mol. The average molecular weight is 261 g/mol. The molecule has 1 heterocycles. The summed E-state index contributed by atoms with van der Waals surface area (Å²) in [5.74, 6) is -0.682. The zero-order chi connectivity index (χ0) is 12.6. The number of carbonyl (C=O) groups is 1. The van der Waals surface area contributed by atoms with Crippen LogP contribution in [0.15, 0.2) is 12.1 Å². The molecule has 0 aliphatic carbocycles. The highest BCUT2D eigenvalue weighted by Crippen LogP contribution is 2.29. The smallest absolute Gasteiger partial charge is 0.339 e. The van der Waals surface area contributed by atoms with Crippen molar-refractivity contribution in [2.75, 3.05) is 7.11 Å². The van der Waals surface area contributed by atoms with Crippen LogP contribution in [0.5, 0.6) is 0 Å². The van der Waals surface area contributed by atoms with Crippen LogP contribution in [0, 0.1) is 0 Å². The van der Waals surface area contributed by atoms with E-state index >= 15 is 0 Å². The summed E-state index contributed by atoms with van der Waals surface area (Å²) in [4.78, 5) is 11.4. The number of fused-ring (bicyclic) bond motifs is 1. The number of hydrogen-bond donors (Lipinski definition) is 1. The number of nitrogens with one attached hydrogen (secondary N) is 1. The molecular formula is C10H7ClF2N2O2. The number of hydrogen-bond acceptors (Lipinski definition) is 3. The normalized spacial score (nSPS) is 11.1. The van der Waals surface area contributed by atoms with Crippen LogP contribution >= 0.6 is 11.6 Å². The van der Waals surface area contributed by atoms with Crippen LogP contribution in [-0.2, 0) is 4.74 Å². The third kappa shape index (κ3) is 1.95. The van der Waals surface area contributed by atoms with Gasteiger partial charge in [-0.05, 0) is 12.1 Å². The van der Waals surface area contributed by atoms with Gasteiger partial charge in [0.15, 0.2) is 0 Å². The lowest BCUT2D eigenvalue weighted by molar-refractivity contribution is 0.0601. The minimum Gasteiger partial charge on any atom is -0.465 e. The molecule has 1 aromatic heterocycles. The first-order chi connectivity index (χ1) is 8.04. The number of benzene rings is 1. The van der Waals surface area contributed by atoms with Gasteiger partial charge in [0.05, 0.1) is 23.2 Å². The molecule has 2 rings (SSSR count). The van der Waals surface area contributed by atoms with Gasteiger partial charge in [0.1, 0.15) is 5.69 Å². The van der Waals surface area contributed by atoms with Gasteiger partial charge in [-0.15, -0.1) is 0 Å². The molecule has 0 unspecified atom stereocenters. The number of H-pyrrole nitrogens is 1. The number of esters is 1. The first kappa shape index (κ1) is 11.8. The largest absolute Gasteiger partial charge is 0.465 e. The second kappa shape index (κ2) is 4.29. The topological polar surface area (TPSA) is 55.0 Å². The van der Waals surface area contributed by atoms with Gasteiger partial charge in [0.2, 0.25) is 0 Å². The molecule has 0 bridgehead atoms. The quantitative estimate of drug-likeness (QED) is 0.845. The number of ether oxygens (including phenoxy) is 1. The fourth-order valence-corrected chi connectivity index (χ4v) is 1.72. The molecule has 7 heteroatoms. The second-order valence-electron chi connectivity index (χ2n) is 3.28. The van der Waals surface area contributed by atoms with Crippen molar-refractivity contribution in [1.29, 1.82) is 0 Å². The predicted molar refractivity (Wildman–Crippen MR) is 57.4 cm³/mol. The standard InChI is InChI=1S/C10H7ClF2N2O2/c1-17-10(16)4-2-5-7(3-6(4)11)14-15-8(5)9(12)13/h2-3,9H,1H3,(H,14,15). The summed E-state index contributed by atoms with van der Waals surface area (Å²) in [5.41, 5.74) is -0.0373. The van der Waals surface area contributed by atoms with Gasteiger partial charge in [-0.2, -0.15) is 5.10 Å². The Morgan fingerprint density at radius 3 is 2.82 bits per heavy atom. The predicted octanol–water partition coefficient (Wildman–Crippen LogP) is 2.94. The number of carbonyl (C=O) groups excluding carboxylic acids is 1. The van der Waals surface area contributed by atoms with Crippen LogP contribution in [0.1, 0.15) is 22.5 Å². The Labute approximate surface area is 99.5 Å². The van der Waals surface area contributed by atoms with Crippen molar-refractivity contribution in [2.24, 2.45) is 0 Å². The minimum atomic E-state index is -2.70. The number of aromatic amines is 1. The minimum absolute atomic E-state index is 0.0324. The van der Waals surface area contributed by atoms with E-state index in [1.165, 1.54) is 19.2 Å². The Hall–Kier alpha value is -1.69. The Balaban J connectivity index is 2.67. The molecule has 0 fully saturated rings. The molecule has 0 atom stereocenters. The van der Waals surface area contributed by atoms with Crippen LogP contribution in [0.2, 0.25) is 5.02 Å². The van der Waals surface area contributed by atoms with Gasteiger partial charge in [-0.3, -0.25) is 5.10 Å². The maximum atomic E-state index is 12.6. The SMILES string of the molecule is COC(=O)c1cc2c(C(F)F)[nH]nc2cc1Cl. The summed E-state index contributed by atoms with van der Waals surface area (Å²) in [5, 5.41) is 6.16. The van der Waals surface area contributed by atoms with Crippen LogP contribution < -0.4 is 0 Å². The van der Waals surface area contributed by atoms with Gasteiger partial charge in [0.25, 0.3) is 6.43 Å². The van der Waals surface area contributed by atoms with Crippen LogP contribution in [0.3, 0.4) is 0 Å². The average Bonchev–Trinajstić information content (AvgIpc) is 2.69. The van der Waals surface area contributed by atoms with Crippen LogP contribution in [0.4, 0.5) is 8.78 Å². The van der Waals surface area contributed by atoms with Gasteiger partial charge in [0, 0.05) is 5.39 Å². The summed E-state index contributed by atoms with van der Waals surface area (Å²) in [6.07, 6.45) is -2.70. The van der Waals surface area contributed by atoms with Crippen molar-refractivity contribution in [3.63, 3.8) is 0 Å². The zero-order valence-corrected chi connectivity index (χ0v) is 9.39. The fourth-order valence-electron chi connectivity index (χ4n) is 1.48. The maximum Gasteiger partial charge on any atom is 0.339 e. The highest BCUT2D eigenvalue weighted by atomic mass is 35.5. The second-order valence-corrected chi connectivity index (χ2v) is 3.69. The number of methoxy groups -OCH3 is 1. The van der Waals surface area contributed by atoms with Crippen molar-refractivity contribution in [3.8, 4) is 0 Å². The molecule has 0 aliphatic heterocycles. The fraction of sp³-hybridized carbons (Fsp3) is 0.200. The highest BCUT2D eigenvalue weighted by Gasteiger charge is 2.19. The van der Waals surface area contributed by atoms with Gasteiger partial charge < -0.3 is 4.74 Å². The first-order valence-corrected chi connectivity index (χ1v) is 4.96. The Kier molecular flexibility index (Phi) is 2.97. The van der Waals surface area contributed by atoms with E-state index in [0.29, 0.717) is 0 Å². The van der Waals surface area contributed by atoms with E-state index in [4.69, 9.17) is 11.6 Å². The molecule has 0 amide bonds. The van der Waals surface area contributed by atoms with E-state index < -0.39 is 12.4 Å². The van der Waals surface area contributed by atoms with Gasteiger partial charge >= 0.3 is 5.97 Å². The van der Waals surface area contributed by atoms with Crippen molar-refractivity contribution < 1.29 is 18.3 Å². The van der Waals surface area contributed by atoms with Crippen molar-refractivity contribution in [3.05, 3.63) is 28.4 Å². The molecule has 4 nitrogen and oxygen atoms in total. The lowest BCUT2D eigenvalue weighted by Crippen LogP contribution is -2.02. The first-order valence-electron chi connectivity index (χ1n) is 4.58.